The van der Waals surface area contributed by atoms with Crippen molar-refractivity contribution in [3.63, 3.8) is 0 Å². The summed E-state index contributed by atoms with van der Waals surface area (Å²) in [6.45, 7) is 11.5. The Bertz CT molecular complexity index is 2750. The van der Waals surface area contributed by atoms with Gasteiger partial charge in [0.15, 0.2) is 12.3 Å². The molecule has 0 bridgehead atoms. The predicted molar refractivity (Wildman–Crippen MR) is 260 cm³/mol. The predicted octanol–water partition coefficient (Wildman–Crippen LogP) is 8.45. The molecule has 13 nitrogen and oxygen atoms in total. The van der Waals surface area contributed by atoms with E-state index in [-0.39, 0.29) is 16.2 Å². The Hall–Kier alpha value is -4.90. The van der Waals surface area contributed by atoms with Gasteiger partial charge >= 0.3 is 5.97 Å². The first kappa shape index (κ1) is 50.5. The number of rotatable bonds is 18. The third-order valence-corrected chi connectivity index (χ3v) is 14.6. The zero-order valence-electron chi connectivity index (χ0n) is 40.3. The van der Waals surface area contributed by atoms with E-state index in [4.69, 9.17) is 4.74 Å². The number of carbonyl (C=O) groups is 1. The van der Waals surface area contributed by atoms with Gasteiger partial charge < -0.3 is 23.7 Å². The molecule has 0 aromatic heterocycles. The standard InChI is InChI=1S/C51H66N4O9S2/c1-50(2)42-34-40(65(58,59)60)23-25-44(42)52(30-12-32-54(5,6)7)46(50)27-19-37-14-11-15-38(49(37)64-39-21-16-36(17-22-39)18-29-48(56)57)20-28-47-51(3,4)43-35-41(66(61,62)63)24-26-45(43)53(47)31-13-33-55(8,9)10/h16-17,19-28,34-35H,11-15,18,29-33H2,1-10H3/p+3. The Kier molecular flexibility index (Phi) is 14.5. The molecule has 0 unspecified atom stereocenters. The number of aliphatic carboxylic acids is 1. The monoisotopic (exact) mass is 945 g/mol. The quantitative estimate of drug-likeness (QED) is 0.0642. The number of ether oxygens (including phenoxy) is 1. The number of benzene rings is 3. The highest BCUT2D eigenvalue weighted by molar-refractivity contribution is 7.86. The third kappa shape index (κ3) is 11.8. The van der Waals surface area contributed by atoms with Gasteiger partial charge in [-0.15, -0.1) is 0 Å². The maximum atomic E-state index is 12.3. The number of quaternary nitrogens is 2. The van der Waals surface area contributed by atoms with E-state index in [0.29, 0.717) is 31.0 Å². The van der Waals surface area contributed by atoms with E-state index in [9.17, 15) is 35.8 Å². The maximum Gasteiger partial charge on any atom is 0.303 e. The minimum absolute atomic E-state index is 0.0219. The number of carboxylic acids is 1. The van der Waals surface area contributed by atoms with Gasteiger partial charge in [-0.05, 0) is 116 Å². The highest BCUT2D eigenvalue weighted by Crippen LogP contribution is 2.49. The van der Waals surface area contributed by atoms with Crippen molar-refractivity contribution in [3.05, 3.63) is 124 Å². The first-order chi connectivity index (χ1) is 30.6. The number of fused-ring (bicyclic) bond motifs is 2. The Labute approximate surface area is 392 Å². The third-order valence-electron chi connectivity index (χ3n) is 12.9. The zero-order chi connectivity index (χ0) is 48.6. The second kappa shape index (κ2) is 19.0. The lowest BCUT2D eigenvalue weighted by Crippen LogP contribution is -2.37. The second-order valence-electron chi connectivity index (χ2n) is 20.9. The van der Waals surface area contributed by atoms with Crippen molar-refractivity contribution in [3.8, 4) is 5.75 Å². The molecule has 0 amide bonds. The molecule has 1 aliphatic carbocycles. The van der Waals surface area contributed by atoms with Crippen molar-refractivity contribution in [1.29, 1.82) is 0 Å². The number of carboxylic acid groups (broad SMARTS) is 1. The van der Waals surface area contributed by atoms with E-state index >= 15 is 0 Å². The molecule has 3 aliphatic rings. The van der Waals surface area contributed by atoms with Crippen molar-refractivity contribution in [2.24, 2.45) is 0 Å². The molecule has 2 heterocycles. The molecule has 3 N–H and O–H groups in total. The van der Waals surface area contributed by atoms with Crippen LogP contribution in [0.3, 0.4) is 0 Å². The SMILES string of the molecule is CC1(C)C(/C=C/C2=C(Oc3ccc(CCC(=O)O)cc3)C(=C/C=C3\N(CCC[N+](C)(C)C)c4ccc(S(=O)(=O)O)cc4C3(C)C)/CCC2)=[N+](CCC[N+](C)(C)C)c2ccc(S(=O)(=O)O)cc21. The molecule has 15 heteroatoms. The first-order valence-corrected chi connectivity index (χ1v) is 25.5. The summed E-state index contributed by atoms with van der Waals surface area (Å²) in [6, 6.07) is 17.2. The largest absolute Gasteiger partial charge is 0.481 e. The van der Waals surface area contributed by atoms with Gasteiger partial charge in [-0.3, -0.25) is 13.9 Å². The molecular weight excluding hydrogens is 877 g/mol. The highest BCUT2D eigenvalue weighted by atomic mass is 32.2. The van der Waals surface area contributed by atoms with Gasteiger partial charge in [0, 0.05) is 53.9 Å². The van der Waals surface area contributed by atoms with Gasteiger partial charge in [0.2, 0.25) is 5.69 Å². The number of nitrogens with zero attached hydrogens (tertiary/aromatic N) is 4. The van der Waals surface area contributed by atoms with Gasteiger partial charge in [0.05, 0.1) is 77.0 Å². The van der Waals surface area contributed by atoms with Crippen molar-refractivity contribution in [2.45, 2.75) is 93.3 Å². The summed E-state index contributed by atoms with van der Waals surface area (Å²) in [5.41, 5.74) is 6.95. The number of hydrogen-bond donors (Lipinski definition) is 3. The molecule has 356 valence electrons. The van der Waals surface area contributed by atoms with Crippen LogP contribution in [-0.2, 0) is 42.3 Å². The van der Waals surface area contributed by atoms with E-state index in [1.807, 2.05) is 24.3 Å². The van der Waals surface area contributed by atoms with Crippen LogP contribution in [-0.4, -0.2) is 125 Å². The van der Waals surface area contributed by atoms with E-state index in [1.165, 1.54) is 12.1 Å². The lowest BCUT2D eigenvalue weighted by molar-refractivity contribution is -0.871. The van der Waals surface area contributed by atoms with Crippen LogP contribution in [0.4, 0.5) is 11.4 Å². The summed E-state index contributed by atoms with van der Waals surface area (Å²) < 4.78 is 80.1. The number of allylic oxidation sites excluding steroid dienone is 7. The molecule has 0 saturated heterocycles. The summed E-state index contributed by atoms with van der Waals surface area (Å²) in [5, 5.41) is 9.27. The van der Waals surface area contributed by atoms with Crippen LogP contribution in [0.15, 0.2) is 117 Å². The molecule has 0 radical (unpaired) electrons. The van der Waals surface area contributed by atoms with Crippen LogP contribution in [0.2, 0.25) is 0 Å². The van der Waals surface area contributed by atoms with Crippen LogP contribution in [0.5, 0.6) is 5.75 Å². The molecule has 2 aliphatic heterocycles. The summed E-state index contributed by atoms with van der Waals surface area (Å²) in [6.07, 6.45) is 12.9. The average Bonchev–Trinajstić information content (AvgIpc) is 3.55. The number of anilines is 1. The van der Waals surface area contributed by atoms with Crippen molar-refractivity contribution >= 4 is 43.3 Å². The fraction of sp³-hybridized carbons (Fsp3) is 0.451. The second-order valence-corrected chi connectivity index (χ2v) is 23.7. The summed E-state index contributed by atoms with van der Waals surface area (Å²) in [4.78, 5) is 13.3. The summed E-state index contributed by atoms with van der Waals surface area (Å²) in [5.74, 6) is 0.439. The summed E-state index contributed by atoms with van der Waals surface area (Å²) in [7, 11) is 4.07. The Balaban J connectivity index is 1.48. The van der Waals surface area contributed by atoms with E-state index in [2.05, 4.69) is 104 Å². The van der Waals surface area contributed by atoms with Crippen molar-refractivity contribution < 1.29 is 54.1 Å². The smallest absolute Gasteiger partial charge is 0.303 e. The van der Waals surface area contributed by atoms with Crippen molar-refractivity contribution in [2.75, 3.05) is 73.4 Å². The number of aryl methyl sites for hydroxylation is 1. The van der Waals surface area contributed by atoms with Gasteiger partial charge in [-0.2, -0.15) is 21.4 Å². The molecule has 0 spiro atoms. The topological polar surface area (TPSA) is 162 Å². The zero-order valence-corrected chi connectivity index (χ0v) is 41.9. The molecule has 3 aromatic rings. The van der Waals surface area contributed by atoms with Gasteiger partial charge in [0.25, 0.3) is 20.2 Å². The fourth-order valence-corrected chi connectivity index (χ4v) is 10.3. The molecule has 3 aromatic carbocycles. The molecule has 0 saturated carbocycles. The van der Waals surface area contributed by atoms with E-state index in [1.54, 1.807) is 24.3 Å². The Morgan fingerprint density at radius 2 is 1.38 bits per heavy atom. The van der Waals surface area contributed by atoms with E-state index in [0.717, 1.165) is 105 Å². The summed E-state index contributed by atoms with van der Waals surface area (Å²) >= 11 is 0. The van der Waals surface area contributed by atoms with Crippen LogP contribution in [0.1, 0.15) is 82.9 Å². The molecule has 6 rings (SSSR count). The van der Waals surface area contributed by atoms with E-state index < -0.39 is 37.0 Å². The lowest BCUT2D eigenvalue weighted by atomic mass is 9.81. The normalized spacial score (nSPS) is 18.8. The van der Waals surface area contributed by atoms with Gasteiger partial charge in [0.1, 0.15) is 11.5 Å². The molecule has 0 fully saturated rings. The average molecular weight is 946 g/mol. The van der Waals surface area contributed by atoms with Crippen molar-refractivity contribution in [1.82, 2.24) is 0 Å². The van der Waals surface area contributed by atoms with Crippen LogP contribution in [0, 0.1) is 0 Å². The number of hydrogen-bond acceptors (Lipinski definition) is 7. The first-order valence-electron chi connectivity index (χ1n) is 22.7. The van der Waals surface area contributed by atoms with Gasteiger partial charge in [-0.1, -0.05) is 32.1 Å². The molecule has 66 heavy (non-hydrogen) atoms. The highest BCUT2D eigenvalue weighted by Gasteiger charge is 2.45. The minimum atomic E-state index is -4.43. The van der Waals surface area contributed by atoms with Crippen LogP contribution < -0.4 is 9.64 Å². The minimum Gasteiger partial charge on any atom is -0.481 e. The molecular formula is C51H69N4O9S2+3. The Morgan fingerprint density at radius 3 is 1.98 bits per heavy atom. The Morgan fingerprint density at radius 1 is 0.773 bits per heavy atom. The van der Waals surface area contributed by atoms with Crippen LogP contribution >= 0.6 is 0 Å². The fourth-order valence-electron chi connectivity index (χ4n) is 9.32. The lowest BCUT2D eigenvalue weighted by Gasteiger charge is -2.29. The maximum absolute atomic E-state index is 12.3. The molecule has 0 atom stereocenters. The van der Waals surface area contributed by atoms with Gasteiger partial charge in [-0.25, -0.2) is 0 Å². The van der Waals surface area contributed by atoms with Crippen LogP contribution in [0.25, 0.3) is 0 Å².